The van der Waals surface area contributed by atoms with E-state index in [1.807, 2.05) is 12.1 Å². The highest BCUT2D eigenvalue weighted by Gasteiger charge is 2.41. The highest BCUT2D eigenvalue weighted by molar-refractivity contribution is 5.29. The molecule has 1 aromatic carbocycles. The molecule has 2 unspecified atom stereocenters. The van der Waals surface area contributed by atoms with Crippen LogP contribution in [0, 0.1) is 0 Å². The van der Waals surface area contributed by atoms with E-state index in [-0.39, 0.29) is 11.7 Å². The second-order valence-corrected chi connectivity index (χ2v) is 5.75. The lowest BCUT2D eigenvalue weighted by Gasteiger charge is -2.37. The predicted molar refractivity (Wildman–Crippen MR) is 77.0 cm³/mol. The molecule has 20 heavy (non-hydrogen) atoms. The molecule has 0 aromatic heterocycles. The number of rotatable bonds is 4. The molecular formula is C16H23NO3. The predicted octanol–water partition coefficient (Wildman–Crippen LogP) is 1.90. The summed E-state index contributed by atoms with van der Waals surface area (Å²) in [5.41, 5.74) is 6.74. The maximum atomic E-state index is 6.15. The zero-order valence-electron chi connectivity index (χ0n) is 11.8. The zero-order valence-corrected chi connectivity index (χ0v) is 11.8. The van der Waals surface area contributed by atoms with E-state index in [4.69, 9.17) is 19.9 Å². The molecule has 2 atom stereocenters. The molecule has 0 aliphatic carbocycles. The molecule has 1 aromatic rings. The fourth-order valence-corrected chi connectivity index (χ4v) is 3.08. The third-order valence-electron chi connectivity index (χ3n) is 4.15. The van der Waals surface area contributed by atoms with E-state index in [0.717, 1.165) is 44.6 Å². The van der Waals surface area contributed by atoms with E-state index in [1.165, 1.54) is 5.56 Å². The number of ether oxygens (including phenoxy) is 3. The van der Waals surface area contributed by atoms with E-state index >= 15 is 0 Å². The van der Waals surface area contributed by atoms with Crippen molar-refractivity contribution in [2.24, 2.45) is 5.73 Å². The first-order chi connectivity index (χ1) is 9.80. The van der Waals surface area contributed by atoms with Crippen LogP contribution in [-0.4, -0.2) is 38.1 Å². The molecule has 2 fully saturated rings. The highest BCUT2D eigenvalue weighted by atomic mass is 16.6. The molecule has 0 radical (unpaired) electrons. The maximum absolute atomic E-state index is 6.15. The van der Waals surface area contributed by atoms with Gasteiger partial charge in [0.05, 0.1) is 18.8 Å². The number of hydrogen-bond acceptors (Lipinski definition) is 4. The van der Waals surface area contributed by atoms with E-state index in [1.54, 1.807) is 0 Å². The van der Waals surface area contributed by atoms with Gasteiger partial charge >= 0.3 is 0 Å². The van der Waals surface area contributed by atoms with Gasteiger partial charge in [0.1, 0.15) is 11.9 Å². The van der Waals surface area contributed by atoms with E-state index < -0.39 is 0 Å². The summed E-state index contributed by atoms with van der Waals surface area (Å²) in [7, 11) is 0. The van der Waals surface area contributed by atoms with Crippen LogP contribution in [0.1, 0.15) is 24.8 Å². The fourth-order valence-electron chi connectivity index (χ4n) is 3.08. The van der Waals surface area contributed by atoms with Crippen LogP contribution in [0.4, 0.5) is 0 Å². The Morgan fingerprint density at radius 3 is 3.10 bits per heavy atom. The molecule has 0 amide bonds. The Labute approximate surface area is 120 Å². The summed E-state index contributed by atoms with van der Waals surface area (Å²) in [6.45, 7) is 2.94. The fraction of sp³-hybridized carbons (Fsp3) is 0.625. The molecule has 4 nitrogen and oxygen atoms in total. The van der Waals surface area contributed by atoms with Crippen LogP contribution in [0.25, 0.3) is 0 Å². The van der Waals surface area contributed by atoms with Gasteiger partial charge < -0.3 is 19.9 Å². The minimum atomic E-state index is -0.0994. The van der Waals surface area contributed by atoms with Crippen LogP contribution >= 0.6 is 0 Å². The van der Waals surface area contributed by atoms with E-state index in [2.05, 4.69) is 12.1 Å². The van der Waals surface area contributed by atoms with Gasteiger partial charge in [-0.25, -0.2) is 0 Å². The van der Waals surface area contributed by atoms with Crippen LogP contribution in [-0.2, 0) is 15.9 Å². The Morgan fingerprint density at radius 1 is 1.35 bits per heavy atom. The second kappa shape index (κ2) is 6.12. The lowest BCUT2D eigenvalue weighted by Crippen LogP contribution is -2.44. The number of benzene rings is 1. The minimum Gasteiger partial charge on any atom is -0.490 e. The first kappa shape index (κ1) is 13.9. The summed E-state index contributed by atoms with van der Waals surface area (Å²) in [5, 5.41) is 0. The Hall–Kier alpha value is -1.10. The van der Waals surface area contributed by atoms with Gasteiger partial charge in [0, 0.05) is 25.9 Å². The maximum Gasteiger partial charge on any atom is 0.119 e. The van der Waals surface area contributed by atoms with Crippen molar-refractivity contribution in [2.75, 3.05) is 26.4 Å². The summed E-state index contributed by atoms with van der Waals surface area (Å²) in [6.07, 6.45) is 3.97. The van der Waals surface area contributed by atoms with Gasteiger partial charge in [-0.15, -0.1) is 0 Å². The van der Waals surface area contributed by atoms with Gasteiger partial charge in [-0.3, -0.25) is 0 Å². The molecule has 4 heteroatoms. The van der Waals surface area contributed by atoms with Crippen LogP contribution in [0.5, 0.6) is 5.75 Å². The molecule has 110 valence electrons. The summed E-state index contributed by atoms with van der Waals surface area (Å²) in [5.74, 6) is 0.942. The van der Waals surface area contributed by atoms with Crippen molar-refractivity contribution in [3.05, 3.63) is 29.8 Å². The van der Waals surface area contributed by atoms with Crippen molar-refractivity contribution in [2.45, 2.75) is 37.4 Å². The SMILES string of the molecule is NCCc1cccc(OC2CCOC3(CCOC3)C2)c1. The molecular weight excluding hydrogens is 254 g/mol. The number of nitrogens with two attached hydrogens (primary N) is 1. The summed E-state index contributed by atoms with van der Waals surface area (Å²) in [6, 6.07) is 8.25. The normalized spacial score (nSPS) is 29.8. The molecule has 2 heterocycles. The summed E-state index contributed by atoms with van der Waals surface area (Å²) in [4.78, 5) is 0. The molecule has 1 spiro atoms. The van der Waals surface area contributed by atoms with Crippen molar-refractivity contribution >= 4 is 0 Å². The third-order valence-corrected chi connectivity index (χ3v) is 4.15. The second-order valence-electron chi connectivity index (χ2n) is 5.75. The Morgan fingerprint density at radius 2 is 2.30 bits per heavy atom. The largest absolute Gasteiger partial charge is 0.490 e. The smallest absolute Gasteiger partial charge is 0.119 e. The molecule has 0 saturated carbocycles. The van der Waals surface area contributed by atoms with E-state index in [9.17, 15) is 0 Å². The van der Waals surface area contributed by atoms with Crippen molar-refractivity contribution in [1.82, 2.24) is 0 Å². The molecule has 2 saturated heterocycles. The Kier molecular flexibility index (Phi) is 4.24. The first-order valence-electron chi connectivity index (χ1n) is 7.47. The quantitative estimate of drug-likeness (QED) is 0.913. The summed E-state index contributed by atoms with van der Waals surface area (Å²) >= 11 is 0. The monoisotopic (exact) mass is 277 g/mol. The van der Waals surface area contributed by atoms with Gasteiger partial charge in [0.25, 0.3) is 0 Å². The van der Waals surface area contributed by atoms with Crippen LogP contribution in [0.3, 0.4) is 0 Å². The van der Waals surface area contributed by atoms with Gasteiger partial charge in [0.2, 0.25) is 0 Å². The van der Waals surface area contributed by atoms with Gasteiger partial charge in [-0.05, 0) is 30.7 Å². The van der Waals surface area contributed by atoms with Gasteiger partial charge in [-0.2, -0.15) is 0 Å². The van der Waals surface area contributed by atoms with Crippen molar-refractivity contribution < 1.29 is 14.2 Å². The van der Waals surface area contributed by atoms with Gasteiger partial charge in [-0.1, -0.05) is 12.1 Å². The molecule has 2 N–H and O–H groups in total. The van der Waals surface area contributed by atoms with Crippen molar-refractivity contribution in [3.63, 3.8) is 0 Å². The lowest BCUT2D eigenvalue weighted by molar-refractivity contribution is -0.112. The average molecular weight is 277 g/mol. The first-order valence-corrected chi connectivity index (χ1v) is 7.47. The zero-order chi connectivity index (χ0) is 13.8. The Balaban J connectivity index is 1.63. The standard InChI is InChI=1S/C16H23NO3/c17-7-4-13-2-1-3-14(10-13)20-15-5-8-19-16(11-15)6-9-18-12-16/h1-3,10,15H,4-9,11-12,17H2. The average Bonchev–Trinajstić information content (AvgIpc) is 2.87. The topological polar surface area (TPSA) is 53.7 Å². The highest BCUT2D eigenvalue weighted by Crippen LogP contribution is 2.34. The molecule has 2 aliphatic rings. The molecule has 0 bridgehead atoms. The van der Waals surface area contributed by atoms with Crippen LogP contribution in [0.15, 0.2) is 24.3 Å². The summed E-state index contributed by atoms with van der Waals surface area (Å²) < 4.78 is 17.6. The minimum absolute atomic E-state index is 0.0994. The van der Waals surface area contributed by atoms with Crippen molar-refractivity contribution in [1.29, 1.82) is 0 Å². The van der Waals surface area contributed by atoms with Crippen LogP contribution < -0.4 is 10.5 Å². The van der Waals surface area contributed by atoms with E-state index in [0.29, 0.717) is 13.2 Å². The molecule has 3 rings (SSSR count). The molecule has 2 aliphatic heterocycles. The van der Waals surface area contributed by atoms with Gasteiger partial charge in [0.15, 0.2) is 0 Å². The van der Waals surface area contributed by atoms with Crippen LogP contribution in [0.2, 0.25) is 0 Å². The lowest BCUT2D eigenvalue weighted by atomic mass is 9.91. The van der Waals surface area contributed by atoms with Crippen molar-refractivity contribution in [3.8, 4) is 5.75 Å². The Bertz CT molecular complexity index is 443. The third kappa shape index (κ3) is 3.14. The number of hydrogen-bond donors (Lipinski definition) is 1.